The van der Waals surface area contributed by atoms with Crippen LogP contribution in [0.3, 0.4) is 0 Å². The van der Waals surface area contributed by atoms with Gasteiger partial charge in [-0.25, -0.2) is 0 Å². The number of benzene rings is 3. The fraction of sp³-hybridized carbons (Fsp3) is 0.379. The maximum atomic E-state index is 6.49. The van der Waals surface area contributed by atoms with Gasteiger partial charge in [0.05, 0.1) is 0 Å². The Bertz CT molecular complexity index is 1110. The lowest BCUT2D eigenvalue weighted by Crippen LogP contribution is -2.29. The van der Waals surface area contributed by atoms with Crippen molar-refractivity contribution in [2.75, 3.05) is 0 Å². The second-order valence-corrected chi connectivity index (χ2v) is 8.75. The molecule has 158 valence electrons. The van der Waals surface area contributed by atoms with E-state index in [9.17, 15) is 0 Å². The monoisotopic (exact) mass is 400 g/mol. The molecule has 0 saturated carbocycles. The predicted octanol–water partition coefficient (Wildman–Crippen LogP) is 8.69. The molecule has 2 aliphatic rings. The SMILES string of the molecule is CC.CC.Cc1ccc2c(c1)C(C)(C)c1c3c(c4ccccc4c1-2)OC(C)(C)C=C3. The molecule has 1 heteroatoms. The number of hydrogen-bond donors (Lipinski definition) is 0. The highest BCUT2D eigenvalue weighted by molar-refractivity contribution is 6.08. The molecule has 0 amide bonds. The third-order valence-electron chi connectivity index (χ3n) is 5.96. The minimum Gasteiger partial charge on any atom is -0.482 e. The fourth-order valence-corrected chi connectivity index (χ4v) is 4.73. The number of rotatable bonds is 0. The Morgan fingerprint density at radius 3 is 2.10 bits per heavy atom. The van der Waals surface area contributed by atoms with Crippen LogP contribution in [-0.4, -0.2) is 5.60 Å². The largest absolute Gasteiger partial charge is 0.482 e. The van der Waals surface area contributed by atoms with Gasteiger partial charge in [0.2, 0.25) is 0 Å². The zero-order chi connectivity index (χ0) is 22.3. The highest BCUT2D eigenvalue weighted by atomic mass is 16.5. The van der Waals surface area contributed by atoms with Crippen molar-refractivity contribution in [1.29, 1.82) is 0 Å². The van der Waals surface area contributed by atoms with Gasteiger partial charge in [0, 0.05) is 16.4 Å². The van der Waals surface area contributed by atoms with Crippen LogP contribution in [0.5, 0.6) is 5.75 Å². The van der Waals surface area contributed by atoms with Gasteiger partial charge in [0.15, 0.2) is 0 Å². The van der Waals surface area contributed by atoms with E-state index in [1.807, 2.05) is 27.7 Å². The number of ether oxygens (including phenoxy) is 1. The van der Waals surface area contributed by atoms with E-state index in [-0.39, 0.29) is 11.0 Å². The average Bonchev–Trinajstić information content (AvgIpc) is 2.98. The molecule has 5 rings (SSSR count). The Kier molecular flexibility index (Phi) is 5.87. The molecule has 3 aromatic carbocycles. The number of hydrogen-bond acceptors (Lipinski definition) is 1. The van der Waals surface area contributed by atoms with Crippen molar-refractivity contribution in [3.05, 3.63) is 70.8 Å². The molecule has 0 atom stereocenters. The zero-order valence-corrected chi connectivity index (χ0v) is 20.1. The van der Waals surface area contributed by atoms with Crippen LogP contribution in [-0.2, 0) is 5.41 Å². The molecule has 30 heavy (non-hydrogen) atoms. The van der Waals surface area contributed by atoms with Crippen molar-refractivity contribution >= 4 is 16.8 Å². The summed E-state index contributed by atoms with van der Waals surface area (Å²) in [5.74, 6) is 1.03. The molecule has 0 saturated heterocycles. The molecule has 1 aliphatic heterocycles. The molecule has 1 nitrogen and oxygen atoms in total. The van der Waals surface area contributed by atoms with E-state index in [0.29, 0.717) is 0 Å². The van der Waals surface area contributed by atoms with E-state index < -0.39 is 0 Å². The Balaban J connectivity index is 0.000000606. The summed E-state index contributed by atoms with van der Waals surface area (Å²) in [6, 6.07) is 15.6. The first kappa shape index (κ1) is 22.2. The third kappa shape index (κ3) is 3.25. The van der Waals surface area contributed by atoms with Crippen LogP contribution < -0.4 is 4.74 Å². The van der Waals surface area contributed by atoms with Gasteiger partial charge in [-0.15, -0.1) is 0 Å². The second kappa shape index (κ2) is 7.95. The third-order valence-corrected chi connectivity index (χ3v) is 5.96. The molecule has 0 spiro atoms. The van der Waals surface area contributed by atoms with Crippen molar-refractivity contribution in [3.63, 3.8) is 0 Å². The average molecular weight is 401 g/mol. The second-order valence-electron chi connectivity index (χ2n) is 8.75. The smallest absolute Gasteiger partial charge is 0.135 e. The molecular formula is C29H36O. The molecular weight excluding hydrogens is 364 g/mol. The van der Waals surface area contributed by atoms with Crippen LogP contribution in [0.15, 0.2) is 48.5 Å². The van der Waals surface area contributed by atoms with Crippen LogP contribution >= 0.6 is 0 Å². The normalized spacial score (nSPS) is 16.2. The maximum absolute atomic E-state index is 6.49. The van der Waals surface area contributed by atoms with Gasteiger partial charge in [-0.3, -0.25) is 0 Å². The van der Waals surface area contributed by atoms with Crippen molar-refractivity contribution in [1.82, 2.24) is 0 Å². The van der Waals surface area contributed by atoms with E-state index in [1.165, 1.54) is 44.2 Å². The first-order chi connectivity index (χ1) is 14.3. The highest BCUT2D eigenvalue weighted by Gasteiger charge is 2.41. The van der Waals surface area contributed by atoms with Gasteiger partial charge in [0.1, 0.15) is 11.4 Å². The van der Waals surface area contributed by atoms with Gasteiger partial charge in [-0.1, -0.05) is 95.6 Å². The number of fused-ring (bicyclic) bond motifs is 8. The van der Waals surface area contributed by atoms with Crippen molar-refractivity contribution in [3.8, 4) is 16.9 Å². The van der Waals surface area contributed by atoms with Crippen LogP contribution in [0.2, 0.25) is 0 Å². The Labute approximate surface area is 182 Å². The van der Waals surface area contributed by atoms with Gasteiger partial charge in [-0.2, -0.15) is 0 Å². The standard InChI is InChI=1S/C25H24O.2C2H6/c1-15-10-11-18-20(14-15)25(4,5)22-19-12-13-24(2,3)26-23(19)17-9-7-6-8-16(17)21(18)22;2*1-2/h6-14H,1-5H3;2*1-2H3. The lowest BCUT2D eigenvalue weighted by atomic mass is 9.78. The summed E-state index contributed by atoms with van der Waals surface area (Å²) >= 11 is 0. The molecule has 0 N–H and O–H groups in total. The molecule has 1 aliphatic carbocycles. The van der Waals surface area contributed by atoms with Gasteiger partial charge in [-0.05, 0) is 54.5 Å². The number of aryl methyl sites for hydroxylation is 1. The minimum absolute atomic E-state index is 0.0417. The first-order valence-corrected chi connectivity index (χ1v) is 11.4. The Morgan fingerprint density at radius 2 is 1.43 bits per heavy atom. The topological polar surface area (TPSA) is 9.23 Å². The zero-order valence-electron chi connectivity index (χ0n) is 20.1. The minimum atomic E-state index is -0.282. The fourth-order valence-electron chi connectivity index (χ4n) is 4.73. The van der Waals surface area contributed by atoms with Crippen LogP contribution in [0, 0.1) is 6.92 Å². The Hall–Kier alpha value is -2.54. The summed E-state index contributed by atoms with van der Waals surface area (Å²) in [5.41, 5.74) is 7.81. The summed E-state index contributed by atoms with van der Waals surface area (Å²) in [6.45, 7) is 19.1. The highest BCUT2D eigenvalue weighted by Crippen LogP contribution is 2.56. The summed E-state index contributed by atoms with van der Waals surface area (Å²) in [4.78, 5) is 0. The molecule has 0 bridgehead atoms. The maximum Gasteiger partial charge on any atom is 0.135 e. The Morgan fingerprint density at radius 1 is 0.800 bits per heavy atom. The van der Waals surface area contributed by atoms with Crippen molar-refractivity contribution in [2.24, 2.45) is 0 Å². The van der Waals surface area contributed by atoms with E-state index in [0.717, 1.165) is 5.75 Å². The van der Waals surface area contributed by atoms with E-state index in [4.69, 9.17) is 4.74 Å². The summed E-state index contributed by atoms with van der Waals surface area (Å²) in [5, 5.41) is 2.51. The van der Waals surface area contributed by atoms with Crippen molar-refractivity contribution < 1.29 is 4.74 Å². The molecule has 3 aromatic rings. The summed E-state index contributed by atoms with van der Waals surface area (Å²) in [7, 11) is 0. The predicted molar refractivity (Wildman–Crippen MR) is 133 cm³/mol. The summed E-state index contributed by atoms with van der Waals surface area (Å²) in [6.07, 6.45) is 4.47. The lowest BCUT2D eigenvalue weighted by Gasteiger charge is -2.33. The van der Waals surface area contributed by atoms with E-state index >= 15 is 0 Å². The van der Waals surface area contributed by atoms with E-state index in [1.54, 1.807) is 0 Å². The molecule has 0 aromatic heterocycles. The van der Waals surface area contributed by atoms with Crippen molar-refractivity contribution in [2.45, 2.75) is 73.3 Å². The lowest BCUT2D eigenvalue weighted by molar-refractivity contribution is 0.161. The van der Waals surface area contributed by atoms with Crippen LogP contribution in [0.1, 0.15) is 77.6 Å². The summed E-state index contributed by atoms with van der Waals surface area (Å²) < 4.78 is 6.49. The molecule has 1 heterocycles. The molecule has 0 unspecified atom stereocenters. The van der Waals surface area contributed by atoms with Crippen LogP contribution in [0.25, 0.3) is 28.0 Å². The van der Waals surface area contributed by atoms with Gasteiger partial charge in [0.25, 0.3) is 0 Å². The van der Waals surface area contributed by atoms with Gasteiger partial charge < -0.3 is 4.74 Å². The first-order valence-electron chi connectivity index (χ1n) is 11.4. The van der Waals surface area contributed by atoms with Gasteiger partial charge >= 0.3 is 0 Å². The molecule has 0 radical (unpaired) electrons. The van der Waals surface area contributed by atoms with Crippen LogP contribution in [0.4, 0.5) is 0 Å². The van der Waals surface area contributed by atoms with E-state index in [2.05, 4.69) is 89.2 Å². The quantitative estimate of drug-likeness (QED) is 0.367. The molecule has 0 fully saturated rings.